The third-order valence-electron chi connectivity index (χ3n) is 11.7. The van der Waals surface area contributed by atoms with E-state index in [1.54, 1.807) is 13.0 Å². The first kappa shape index (κ1) is 28.5. The summed E-state index contributed by atoms with van der Waals surface area (Å²) in [5, 5.41) is 67.2. The fraction of sp³-hybridized carbons (Fsp3) is 0.767. The van der Waals surface area contributed by atoms with Gasteiger partial charge in [-0.2, -0.15) is 0 Å². The van der Waals surface area contributed by atoms with E-state index in [0.29, 0.717) is 38.5 Å². The standard InChI is InChI=1S/C30H42O10/c1-15-23(33)24(34)25(35)26(39-15)40-18-8-10-27(2)17(12-18)5-6-20-29(36)11-9-19(16-4-7-22(32)38-14-16)28(29,3)21(31)13-30(20,27)37/h4,7,12,14-15,18-21,23-26,31,33-37H,5-6,8-11,13H2,1-3H3. The van der Waals surface area contributed by atoms with E-state index in [2.05, 4.69) is 0 Å². The third-order valence-corrected chi connectivity index (χ3v) is 11.7. The first-order chi connectivity index (χ1) is 18.8. The molecule has 1 aromatic heterocycles. The van der Waals surface area contributed by atoms with E-state index in [-0.39, 0.29) is 12.3 Å². The SMILES string of the molecule is CC1OC(OC2C=C3CCC4C(O)(CC(O)C5(C)C(c6ccc(=O)oc6)CCC45O)C3(C)CC2)C(O)C(O)C1O. The number of aliphatic hydroxyl groups is 6. The van der Waals surface area contributed by atoms with Crippen molar-refractivity contribution in [2.45, 2.75) is 126 Å². The van der Waals surface area contributed by atoms with Gasteiger partial charge in [0.15, 0.2) is 6.29 Å². The summed E-state index contributed by atoms with van der Waals surface area (Å²) in [4.78, 5) is 11.6. The van der Waals surface area contributed by atoms with Gasteiger partial charge in [0.05, 0.1) is 35.8 Å². The summed E-state index contributed by atoms with van der Waals surface area (Å²) in [6.45, 7) is 5.52. The molecule has 222 valence electrons. The predicted octanol–water partition coefficient (Wildman–Crippen LogP) is 1.10. The minimum Gasteiger partial charge on any atom is -0.431 e. The molecule has 1 aromatic rings. The smallest absolute Gasteiger partial charge is 0.335 e. The van der Waals surface area contributed by atoms with E-state index in [1.807, 2.05) is 19.9 Å². The average Bonchev–Trinajstić information content (AvgIpc) is 3.19. The molecule has 5 aliphatic rings. The Labute approximate surface area is 233 Å². The van der Waals surface area contributed by atoms with Crippen LogP contribution in [0.25, 0.3) is 0 Å². The molecule has 40 heavy (non-hydrogen) atoms. The van der Waals surface area contributed by atoms with Crippen LogP contribution in [0.3, 0.4) is 0 Å². The molecule has 1 aliphatic heterocycles. The van der Waals surface area contributed by atoms with Crippen LogP contribution in [-0.4, -0.2) is 84.8 Å². The van der Waals surface area contributed by atoms with Crippen LogP contribution >= 0.6 is 0 Å². The zero-order chi connectivity index (χ0) is 28.8. The molecular weight excluding hydrogens is 520 g/mol. The molecule has 10 heteroatoms. The summed E-state index contributed by atoms with van der Waals surface area (Å²) in [7, 11) is 0. The van der Waals surface area contributed by atoms with Crippen LogP contribution in [0.2, 0.25) is 0 Å². The maximum absolute atomic E-state index is 12.5. The molecule has 0 aromatic carbocycles. The summed E-state index contributed by atoms with van der Waals surface area (Å²) < 4.78 is 16.8. The molecule has 13 atom stereocenters. The maximum atomic E-state index is 12.5. The molecule has 3 saturated carbocycles. The van der Waals surface area contributed by atoms with E-state index >= 15 is 0 Å². The lowest BCUT2D eigenvalue weighted by atomic mass is 9.42. The number of hydrogen-bond acceptors (Lipinski definition) is 10. The molecule has 0 radical (unpaired) electrons. The molecule has 2 heterocycles. The Balaban J connectivity index is 1.28. The van der Waals surface area contributed by atoms with Crippen molar-refractivity contribution in [1.82, 2.24) is 0 Å². The van der Waals surface area contributed by atoms with Gasteiger partial charge >= 0.3 is 5.63 Å². The number of ether oxygens (including phenoxy) is 2. The summed E-state index contributed by atoms with van der Waals surface area (Å²) in [5.41, 5.74) is -3.02. The first-order valence-electron chi connectivity index (χ1n) is 14.5. The lowest BCUT2D eigenvalue weighted by molar-refractivity contribution is -0.304. The average molecular weight is 563 g/mol. The molecular formula is C30H42O10. The Morgan fingerprint density at radius 3 is 2.40 bits per heavy atom. The Hall–Kier alpha value is -1.63. The summed E-state index contributed by atoms with van der Waals surface area (Å²) in [5.74, 6) is -0.691. The zero-order valence-corrected chi connectivity index (χ0v) is 23.3. The molecule has 6 rings (SSSR count). The molecule has 6 N–H and O–H groups in total. The highest BCUT2D eigenvalue weighted by Gasteiger charge is 2.74. The van der Waals surface area contributed by atoms with E-state index in [9.17, 15) is 35.4 Å². The van der Waals surface area contributed by atoms with Gasteiger partial charge in [0, 0.05) is 29.2 Å². The van der Waals surface area contributed by atoms with Gasteiger partial charge in [-0.25, -0.2) is 4.79 Å². The normalized spacial score (nSPS) is 52.3. The van der Waals surface area contributed by atoms with Crippen LogP contribution < -0.4 is 5.63 Å². The Morgan fingerprint density at radius 1 is 0.950 bits per heavy atom. The summed E-state index contributed by atoms with van der Waals surface area (Å²) >= 11 is 0. The van der Waals surface area contributed by atoms with Crippen LogP contribution in [0.1, 0.15) is 77.2 Å². The van der Waals surface area contributed by atoms with Gasteiger partial charge in [-0.15, -0.1) is 0 Å². The minimum absolute atomic E-state index is 0.106. The number of fused-ring (bicyclic) bond motifs is 5. The first-order valence-corrected chi connectivity index (χ1v) is 14.5. The second-order valence-electron chi connectivity index (χ2n) is 13.3. The van der Waals surface area contributed by atoms with Crippen molar-refractivity contribution < 1.29 is 44.5 Å². The van der Waals surface area contributed by atoms with Crippen molar-refractivity contribution in [1.29, 1.82) is 0 Å². The van der Waals surface area contributed by atoms with Crippen molar-refractivity contribution in [3.8, 4) is 0 Å². The Morgan fingerprint density at radius 2 is 1.70 bits per heavy atom. The second-order valence-corrected chi connectivity index (χ2v) is 13.3. The van der Waals surface area contributed by atoms with Crippen LogP contribution in [0.5, 0.6) is 0 Å². The topological polar surface area (TPSA) is 170 Å². The largest absolute Gasteiger partial charge is 0.431 e. The molecule has 1 saturated heterocycles. The van der Waals surface area contributed by atoms with E-state index < -0.39 is 76.5 Å². The van der Waals surface area contributed by atoms with E-state index in [1.165, 1.54) is 12.3 Å². The van der Waals surface area contributed by atoms with Crippen molar-refractivity contribution >= 4 is 0 Å². The van der Waals surface area contributed by atoms with Gasteiger partial charge in [-0.3, -0.25) is 0 Å². The van der Waals surface area contributed by atoms with Gasteiger partial charge in [0.2, 0.25) is 0 Å². The second kappa shape index (κ2) is 9.44. The van der Waals surface area contributed by atoms with Gasteiger partial charge in [0.1, 0.15) is 18.3 Å². The molecule has 0 amide bonds. The zero-order valence-electron chi connectivity index (χ0n) is 23.3. The molecule has 4 fully saturated rings. The van der Waals surface area contributed by atoms with Crippen LogP contribution in [-0.2, 0) is 9.47 Å². The minimum atomic E-state index is -1.40. The lowest BCUT2D eigenvalue weighted by Crippen LogP contribution is -2.73. The summed E-state index contributed by atoms with van der Waals surface area (Å²) in [6.07, 6.45) is -0.505. The molecule has 13 unspecified atom stereocenters. The maximum Gasteiger partial charge on any atom is 0.335 e. The van der Waals surface area contributed by atoms with Crippen LogP contribution in [0.4, 0.5) is 0 Å². The number of hydrogen-bond donors (Lipinski definition) is 6. The molecule has 10 nitrogen and oxygen atoms in total. The van der Waals surface area contributed by atoms with Crippen molar-refractivity contribution in [3.05, 3.63) is 46.0 Å². The highest BCUT2D eigenvalue weighted by Crippen LogP contribution is 2.71. The number of aliphatic hydroxyl groups excluding tert-OH is 4. The third kappa shape index (κ3) is 3.74. The van der Waals surface area contributed by atoms with Gasteiger partial charge in [-0.1, -0.05) is 25.5 Å². The van der Waals surface area contributed by atoms with Gasteiger partial charge < -0.3 is 44.5 Å². The van der Waals surface area contributed by atoms with Gasteiger partial charge in [-0.05, 0) is 63.0 Å². The molecule has 0 bridgehead atoms. The highest BCUT2D eigenvalue weighted by molar-refractivity contribution is 5.36. The quantitative estimate of drug-likeness (QED) is 0.293. The lowest BCUT2D eigenvalue weighted by Gasteiger charge is -2.67. The Kier molecular flexibility index (Phi) is 6.72. The predicted molar refractivity (Wildman–Crippen MR) is 141 cm³/mol. The Bertz CT molecular complexity index is 1210. The molecule has 4 aliphatic carbocycles. The highest BCUT2D eigenvalue weighted by atomic mass is 16.7. The summed E-state index contributed by atoms with van der Waals surface area (Å²) in [6, 6.07) is 3.07. The monoisotopic (exact) mass is 562 g/mol. The van der Waals surface area contributed by atoms with Crippen molar-refractivity contribution in [3.63, 3.8) is 0 Å². The fourth-order valence-corrected chi connectivity index (χ4v) is 9.16. The van der Waals surface area contributed by atoms with Crippen molar-refractivity contribution in [2.24, 2.45) is 16.7 Å². The van der Waals surface area contributed by atoms with E-state index in [4.69, 9.17) is 13.9 Å². The number of rotatable bonds is 3. The fourth-order valence-electron chi connectivity index (χ4n) is 9.16. The van der Waals surface area contributed by atoms with Gasteiger partial charge in [0.25, 0.3) is 0 Å². The molecule has 0 spiro atoms. The van der Waals surface area contributed by atoms with Crippen molar-refractivity contribution in [2.75, 3.05) is 0 Å². The van der Waals surface area contributed by atoms with E-state index in [0.717, 1.165) is 11.1 Å². The van der Waals surface area contributed by atoms with Crippen LogP contribution in [0, 0.1) is 16.7 Å². The van der Waals surface area contributed by atoms with Crippen LogP contribution in [0.15, 0.2) is 39.3 Å².